The molecule has 0 radical (unpaired) electrons. The summed E-state index contributed by atoms with van der Waals surface area (Å²) in [5.41, 5.74) is 0.199. The number of hydrogen-bond acceptors (Lipinski definition) is 4. The Morgan fingerprint density at radius 1 is 1.53 bits per heavy atom. The van der Waals surface area contributed by atoms with Crippen molar-refractivity contribution in [2.75, 3.05) is 13.7 Å². The molecule has 1 atom stereocenters. The van der Waals surface area contributed by atoms with E-state index in [-0.39, 0.29) is 16.6 Å². The predicted octanol–water partition coefficient (Wildman–Crippen LogP) is 2.14. The first-order valence-corrected chi connectivity index (χ1v) is 8.41. The smallest absolute Gasteiger partial charge is 0.261 e. The predicted molar refractivity (Wildman–Crippen MR) is 76.0 cm³/mol. The number of nitrogens with one attached hydrogen (secondary N) is 1. The second kappa shape index (κ2) is 6.69. The summed E-state index contributed by atoms with van der Waals surface area (Å²) in [6.07, 6.45) is -0.136. The fourth-order valence-electron chi connectivity index (χ4n) is 1.25. The number of benzene rings is 1. The Hall–Kier alpha value is -0.630. The van der Waals surface area contributed by atoms with Crippen molar-refractivity contribution >= 4 is 41.6 Å². The van der Waals surface area contributed by atoms with Gasteiger partial charge in [0, 0.05) is 28.8 Å². The number of halogens is 2. The summed E-state index contributed by atoms with van der Waals surface area (Å²) in [6.45, 7) is 2.12. The van der Waals surface area contributed by atoms with E-state index in [4.69, 9.17) is 15.4 Å². The number of hydrogen-bond donors (Lipinski definition) is 1. The van der Waals surface area contributed by atoms with Crippen LogP contribution >= 0.6 is 26.6 Å². The molecule has 1 unspecified atom stereocenters. The molecule has 0 bridgehead atoms. The van der Waals surface area contributed by atoms with Crippen molar-refractivity contribution in [1.29, 1.82) is 0 Å². The minimum Gasteiger partial charge on any atom is -0.380 e. The summed E-state index contributed by atoms with van der Waals surface area (Å²) in [5, 5.41) is 2.64. The zero-order valence-corrected chi connectivity index (χ0v) is 13.5. The fourth-order valence-corrected chi connectivity index (χ4v) is 2.45. The van der Waals surface area contributed by atoms with E-state index >= 15 is 0 Å². The molecule has 1 N–H and O–H groups in total. The Bertz CT molecular complexity index is 576. The van der Waals surface area contributed by atoms with Gasteiger partial charge in [-0.2, -0.15) is 0 Å². The Morgan fingerprint density at radius 2 is 2.16 bits per heavy atom. The molecule has 0 aliphatic heterocycles. The van der Waals surface area contributed by atoms with Crippen molar-refractivity contribution in [2.24, 2.45) is 0 Å². The Morgan fingerprint density at radius 3 is 2.68 bits per heavy atom. The second-order valence-electron chi connectivity index (χ2n) is 3.84. The number of rotatable bonds is 5. The standard InChI is InChI=1S/C11H13BrClNO4S/c1-7(18-2)6-14-11(15)9-5-8(19(13,16)17)3-4-10(9)12/h3-5,7H,6H2,1-2H3,(H,14,15). The van der Waals surface area contributed by atoms with E-state index in [9.17, 15) is 13.2 Å². The second-order valence-corrected chi connectivity index (χ2v) is 7.26. The van der Waals surface area contributed by atoms with Crippen molar-refractivity contribution in [1.82, 2.24) is 5.32 Å². The molecule has 0 saturated heterocycles. The molecular weight excluding hydrogens is 358 g/mol. The van der Waals surface area contributed by atoms with Gasteiger partial charge in [-0.3, -0.25) is 4.79 Å². The van der Waals surface area contributed by atoms with E-state index in [0.29, 0.717) is 11.0 Å². The lowest BCUT2D eigenvalue weighted by atomic mass is 10.2. The molecular formula is C11H13BrClNO4S. The molecule has 1 aromatic rings. The van der Waals surface area contributed by atoms with Crippen LogP contribution < -0.4 is 5.32 Å². The molecule has 19 heavy (non-hydrogen) atoms. The SMILES string of the molecule is COC(C)CNC(=O)c1cc(S(=O)(=O)Cl)ccc1Br. The number of carbonyl (C=O) groups excluding carboxylic acids is 1. The van der Waals surface area contributed by atoms with Gasteiger partial charge in [-0.05, 0) is 41.1 Å². The van der Waals surface area contributed by atoms with Crippen LogP contribution in [0.4, 0.5) is 0 Å². The molecule has 0 aliphatic carbocycles. The molecule has 0 fully saturated rings. The third kappa shape index (κ3) is 4.76. The van der Waals surface area contributed by atoms with Crippen molar-refractivity contribution in [3.05, 3.63) is 28.2 Å². The van der Waals surface area contributed by atoms with Crippen LogP contribution in [-0.4, -0.2) is 34.1 Å². The zero-order chi connectivity index (χ0) is 14.6. The summed E-state index contributed by atoms with van der Waals surface area (Å²) in [4.78, 5) is 11.8. The number of ether oxygens (including phenoxy) is 1. The molecule has 1 amide bonds. The van der Waals surface area contributed by atoms with Crippen LogP contribution in [0.15, 0.2) is 27.6 Å². The van der Waals surface area contributed by atoms with Gasteiger partial charge >= 0.3 is 0 Å². The number of amides is 1. The van der Waals surface area contributed by atoms with E-state index in [2.05, 4.69) is 21.2 Å². The lowest BCUT2D eigenvalue weighted by Crippen LogP contribution is -2.31. The topological polar surface area (TPSA) is 72.5 Å². The van der Waals surface area contributed by atoms with Gasteiger partial charge in [0.25, 0.3) is 15.0 Å². The summed E-state index contributed by atoms with van der Waals surface area (Å²) >= 11 is 3.19. The lowest BCUT2D eigenvalue weighted by Gasteiger charge is -2.12. The van der Waals surface area contributed by atoms with Gasteiger partial charge in [-0.25, -0.2) is 8.42 Å². The van der Waals surface area contributed by atoms with Gasteiger partial charge in [0.1, 0.15) is 0 Å². The summed E-state index contributed by atoms with van der Waals surface area (Å²) in [6, 6.07) is 4.00. The molecule has 0 saturated carbocycles. The molecule has 106 valence electrons. The number of methoxy groups -OCH3 is 1. The maximum atomic E-state index is 11.9. The molecule has 1 aromatic carbocycles. The van der Waals surface area contributed by atoms with Crippen molar-refractivity contribution in [3.8, 4) is 0 Å². The first-order valence-electron chi connectivity index (χ1n) is 5.31. The van der Waals surface area contributed by atoms with Crippen LogP contribution in [0.25, 0.3) is 0 Å². The Balaban J connectivity index is 2.96. The normalized spacial score (nSPS) is 13.1. The number of carbonyl (C=O) groups is 1. The highest BCUT2D eigenvalue weighted by atomic mass is 79.9. The van der Waals surface area contributed by atoms with Crippen LogP contribution in [0, 0.1) is 0 Å². The molecule has 0 aromatic heterocycles. The van der Waals surface area contributed by atoms with Crippen LogP contribution in [0.3, 0.4) is 0 Å². The maximum Gasteiger partial charge on any atom is 0.261 e. The van der Waals surface area contributed by atoms with E-state index in [0.717, 1.165) is 0 Å². The third-order valence-electron chi connectivity index (χ3n) is 2.42. The highest BCUT2D eigenvalue weighted by Gasteiger charge is 2.16. The van der Waals surface area contributed by atoms with Gasteiger partial charge in [0.2, 0.25) is 0 Å². The quantitative estimate of drug-likeness (QED) is 0.806. The van der Waals surface area contributed by atoms with Gasteiger partial charge < -0.3 is 10.1 Å². The van der Waals surface area contributed by atoms with E-state index in [1.54, 1.807) is 6.92 Å². The molecule has 0 heterocycles. The van der Waals surface area contributed by atoms with Crippen molar-refractivity contribution in [3.63, 3.8) is 0 Å². The zero-order valence-electron chi connectivity index (χ0n) is 10.3. The van der Waals surface area contributed by atoms with Crippen molar-refractivity contribution in [2.45, 2.75) is 17.9 Å². The van der Waals surface area contributed by atoms with Crippen LogP contribution in [-0.2, 0) is 13.8 Å². The molecule has 0 spiro atoms. The molecule has 8 heteroatoms. The summed E-state index contributed by atoms with van der Waals surface area (Å²) in [5.74, 6) is -0.405. The van der Waals surface area contributed by atoms with Gasteiger partial charge in [0.05, 0.1) is 16.6 Å². The molecule has 5 nitrogen and oxygen atoms in total. The Kier molecular flexibility index (Phi) is 5.79. The van der Waals surface area contributed by atoms with E-state index < -0.39 is 15.0 Å². The minimum atomic E-state index is -3.86. The van der Waals surface area contributed by atoms with Crippen LogP contribution in [0.5, 0.6) is 0 Å². The van der Waals surface area contributed by atoms with E-state index in [1.807, 2.05) is 0 Å². The van der Waals surface area contributed by atoms with Gasteiger partial charge in [0.15, 0.2) is 0 Å². The van der Waals surface area contributed by atoms with E-state index in [1.165, 1.54) is 25.3 Å². The van der Waals surface area contributed by atoms with Crippen molar-refractivity contribution < 1.29 is 17.9 Å². The monoisotopic (exact) mass is 369 g/mol. The van der Waals surface area contributed by atoms with Crippen LogP contribution in [0.2, 0.25) is 0 Å². The first-order chi connectivity index (χ1) is 8.75. The van der Waals surface area contributed by atoms with Gasteiger partial charge in [-0.15, -0.1) is 0 Å². The fraction of sp³-hybridized carbons (Fsp3) is 0.364. The molecule has 1 rings (SSSR count). The van der Waals surface area contributed by atoms with Gasteiger partial charge in [-0.1, -0.05) is 0 Å². The largest absolute Gasteiger partial charge is 0.380 e. The average Bonchev–Trinajstić information content (AvgIpc) is 2.34. The highest BCUT2D eigenvalue weighted by Crippen LogP contribution is 2.23. The highest BCUT2D eigenvalue weighted by molar-refractivity contribution is 9.10. The summed E-state index contributed by atoms with van der Waals surface area (Å²) < 4.78 is 27.9. The maximum absolute atomic E-state index is 11.9. The first kappa shape index (κ1) is 16.4. The minimum absolute atomic E-state index is 0.123. The average molecular weight is 371 g/mol. The third-order valence-corrected chi connectivity index (χ3v) is 4.46. The molecule has 0 aliphatic rings. The Labute approximate surface area is 124 Å². The lowest BCUT2D eigenvalue weighted by molar-refractivity contribution is 0.0869. The summed E-state index contributed by atoms with van der Waals surface area (Å²) in [7, 11) is 2.91. The van der Waals surface area contributed by atoms with Crippen LogP contribution in [0.1, 0.15) is 17.3 Å².